The van der Waals surface area contributed by atoms with E-state index in [-0.39, 0.29) is 5.91 Å². The van der Waals surface area contributed by atoms with Gasteiger partial charge in [-0.3, -0.25) is 4.79 Å². The number of nitrogens with one attached hydrogen (secondary N) is 1. The van der Waals surface area contributed by atoms with Crippen LogP contribution in [0.1, 0.15) is 29.3 Å². The lowest BCUT2D eigenvalue weighted by Crippen LogP contribution is -2.11. The van der Waals surface area contributed by atoms with Crippen LogP contribution < -0.4 is 5.32 Å². The van der Waals surface area contributed by atoms with Crippen molar-refractivity contribution < 1.29 is 4.79 Å². The first kappa shape index (κ1) is 14.7. The fourth-order valence-electron chi connectivity index (χ4n) is 1.99. The van der Waals surface area contributed by atoms with Gasteiger partial charge in [-0.15, -0.1) is 11.8 Å². The Hall–Kier alpha value is -1.74. The monoisotopic (exact) mass is 285 g/mol. The molecule has 104 valence electrons. The summed E-state index contributed by atoms with van der Waals surface area (Å²) < 4.78 is 0. The number of carbonyl (C=O) groups is 1. The summed E-state index contributed by atoms with van der Waals surface area (Å²) in [6.45, 7) is 2.16. The number of thioether (sulfide) groups is 1. The molecule has 0 radical (unpaired) electrons. The Morgan fingerprint density at radius 3 is 2.25 bits per heavy atom. The molecule has 0 aromatic heterocycles. The molecule has 0 spiro atoms. The molecule has 2 aromatic rings. The van der Waals surface area contributed by atoms with Crippen molar-refractivity contribution in [2.75, 3.05) is 11.6 Å². The van der Waals surface area contributed by atoms with E-state index in [1.54, 1.807) is 11.8 Å². The molecule has 20 heavy (non-hydrogen) atoms. The molecule has 0 heterocycles. The fraction of sp³-hybridized carbons (Fsp3) is 0.235. The minimum atomic E-state index is -0.0686. The van der Waals surface area contributed by atoms with Gasteiger partial charge in [0, 0.05) is 16.1 Å². The summed E-state index contributed by atoms with van der Waals surface area (Å²) in [6.07, 6.45) is 4.23. The molecule has 0 aliphatic heterocycles. The number of carbonyl (C=O) groups excluding carboxylic acids is 1. The van der Waals surface area contributed by atoms with Gasteiger partial charge in [-0.05, 0) is 54.6 Å². The largest absolute Gasteiger partial charge is 0.322 e. The SMILES string of the molecule is CCCc1ccc(NC(=O)c2ccc(SC)cc2)cc1. The van der Waals surface area contributed by atoms with Crippen LogP contribution in [0.15, 0.2) is 53.4 Å². The van der Waals surface area contributed by atoms with Crippen LogP contribution in [0.5, 0.6) is 0 Å². The van der Waals surface area contributed by atoms with Crippen LogP contribution in [0.3, 0.4) is 0 Å². The predicted molar refractivity (Wildman–Crippen MR) is 86.6 cm³/mol. The molecule has 0 bridgehead atoms. The van der Waals surface area contributed by atoms with Gasteiger partial charge >= 0.3 is 0 Å². The van der Waals surface area contributed by atoms with Gasteiger partial charge in [0.15, 0.2) is 0 Å². The summed E-state index contributed by atoms with van der Waals surface area (Å²) >= 11 is 1.67. The number of amides is 1. The zero-order chi connectivity index (χ0) is 14.4. The molecule has 0 aliphatic rings. The van der Waals surface area contributed by atoms with Crippen molar-refractivity contribution in [2.24, 2.45) is 0 Å². The van der Waals surface area contributed by atoms with E-state index in [0.717, 1.165) is 23.4 Å². The highest BCUT2D eigenvalue weighted by Gasteiger charge is 2.05. The van der Waals surface area contributed by atoms with E-state index in [2.05, 4.69) is 24.4 Å². The molecule has 0 unspecified atom stereocenters. The van der Waals surface area contributed by atoms with Crippen LogP contribution in [0.4, 0.5) is 5.69 Å². The number of aryl methyl sites for hydroxylation is 1. The lowest BCUT2D eigenvalue weighted by Gasteiger charge is -2.07. The average Bonchev–Trinajstić information content (AvgIpc) is 2.49. The van der Waals surface area contributed by atoms with E-state index in [1.165, 1.54) is 5.56 Å². The van der Waals surface area contributed by atoms with Crippen LogP contribution in [0.25, 0.3) is 0 Å². The van der Waals surface area contributed by atoms with Gasteiger partial charge in [-0.1, -0.05) is 25.5 Å². The third kappa shape index (κ3) is 3.87. The molecule has 0 aliphatic carbocycles. The number of rotatable bonds is 5. The Bertz CT molecular complexity index is 561. The van der Waals surface area contributed by atoms with Gasteiger partial charge in [0.25, 0.3) is 5.91 Å². The molecular formula is C17H19NOS. The zero-order valence-electron chi connectivity index (χ0n) is 11.8. The molecule has 0 saturated heterocycles. The molecule has 0 saturated carbocycles. The molecule has 0 fully saturated rings. The minimum Gasteiger partial charge on any atom is -0.322 e. The maximum Gasteiger partial charge on any atom is 0.255 e. The molecule has 0 atom stereocenters. The second-order valence-corrected chi connectivity index (χ2v) is 5.51. The van der Waals surface area contributed by atoms with Crippen LogP contribution in [-0.4, -0.2) is 12.2 Å². The average molecular weight is 285 g/mol. The quantitative estimate of drug-likeness (QED) is 0.813. The number of benzene rings is 2. The van der Waals surface area contributed by atoms with Gasteiger partial charge in [-0.25, -0.2) is 0 Å². The summed E-state index contributed by atoms with van der Waals surface area (Å²) in [6, 6.07) is 15.7. The van der Waals surface area contributed by atoms with Crippen molar-refractivity contribution in [3.05, 3.63) is 59.7 Å². The predicted octanol–water partition coefficient (Wildman–Crippen LogP) is 4.61. The van der Waals surface area contributed by atoms with Crippen molar-refractivity contribution in [3.63, 3.8) is 0 Å². The summed E-state index contributed by atoms with van der Waals surface area (Å²) in [4.78, 5) is 13.3. The zero-order valence-corrected chi connectivity index (χ0v) is 12.7. The van der Waals surface area contributed by atoms with E-state index in [1.807, 2.05) is 42.7 Å². The Morgan fingerprint density at radius 1 is 1.05 bits per heavy atom. The first-order valence-electron chi connectivity index (χ1n) is 6.77. The summed E-state index contributed by atoms with van der Waals surface area (Å²) in [5, 5.41) is 2.92. The molecule has 3 heteroatoms. The van der Waals surface area contributed by atoms with Crippen LogP contribution in [-0.2, 0) is 6.42 Å². The highest BCUT2D eigenvalue weighted by Crippen LogP contribution is 2.16. The van der Waals surface area contributed by atoms with Gasteiger partial charge in [0.1, 0.15) is 0 Å². The summed E-state index contributed by atoms with van der Waals surface area (Å²) in [5.74, 6) is -0.0686. The van der Waals surface area contributed by atoms with Crippen molar-refractivity contribution in [2.45, 2.75) is 24.7 Å². The topological polar surface area (TPSA) is 29.1 Å². The van der Waals surface area contributed by atoms with E-state index in [4.69, 9.17) is 0 Å². The number of hydrogen-bond acceptors (Lipinski definition) is 2. The molecule has 2 rings (SSSR count). The molecule has 2 nitrogen and oxygen atoms in total. The van der Waals surface area contributed by atoms with Crippen LogP contribution >= 0.6 is 11.8 Å². The minimum absolute atomic E-state index is 0.0686. The standard InChI is InChI=1S/C17H19NOS/c1-3-4-13-5-9-15(10-6-13)18-17(19)14-7-11-16(20-2)12-8-14/h5-12H,3-4H2,1-2H3,(H,18,19). The Labute approximate surface area is 124 Å². The lowest BCUT2D eigenvalue weighted by molar-refractivity contribution is 0.102. The van der Waals surface area contributed by atoms with Crippen molar-refractivity contribution in [1.82, 2.24) is 0 Å². The second-order valence-electron chi connectivity index (χ2n) is 4.63. The first-order valence-corrected chi connectivity index (χ1v) is 7.99. The van der Waals surface area contributed by atoms with Gasteiger partial charge in [0.2, 0.25) is 0 Å². The fourth-order valence-corrected chi connectivity index (χ4v) is 2.40. The number of hydrogen-bond donors (Lipinski definition) is 1. The summed E-state index contributed by atoms with van der Waals surface area (Å²) in [5.41, 5.74) is 2.82. The summed E-state index contributed by atoms with van der Waals surface area (Å²) in [7, 11) is 0. The third-order valence-electron chi connectivity index (χ3n) is 3.10. The Balaban J connectivity index is 2.02. The maximum atomic E-state index is 12.1. The smallest absolute Gasteiger partial charge is 0.255 e. The second kappa shape index (κ2) is 7.15. The molecular weight excluding hydrogens is 266 g/mol. The first-order chi connectivity index (χ1) is 9.72. The van der Waals surface area contributed by atoms with Crippen LogP contribution in [0, 0.1) is 0 Å². The van der Waals surface area contributed by atoms with E-state index in [9.17, 15) is 4.79 Å². The normalized spacial score (nSPS) is 10.3. The van der Waals surface area contributed by atoms with Gasteiger partial charge in [-0.2, -0.15) is 0 Å². The lowest BCUT2D eigenvalue weighted by atomic mass is 10.1. The molecule has 1 amide bonds. The Kier molecular flexibility index (Phi) is 5.24. The van der Waals surface area contributed by atoms with Gasteiger partial charge in [0.05, 0.1) is 0 Å². The number of anilines is 1. The molecule has 1 N–H and O–H groups in total. The van der Waals surface area contributed by atoms with E-state index in [0.29, 0.717) is 5.56 Å². The van der Waals surface area contributed by atoms with E-state index >= 15 is 0 Å². The molecule has 2 aromatic carbocycles. The van der Waals surface area contributed by atoms with Crippen LogP contribution in [0.2, 0.25) is 0 Å². The Morgan fingerprint density at radius 2 is 1.70 bits per heavy atom. The van der Waals surface area contributed by atoms with Crippen molar-refractivity contribution >= 4 is 23.4 Å². The van der Waals surface area contributed by atoms with Crippen molar-refractivity contribution in [1.29, 1.82) is 0 Å². The third-order valence-corrected chi connectivity index (χ3v) is 3.85. The highest BCUT2D eigenvalue weighted by molar-refractivity contribution is 7.98. The van der Waals surface area contributed by atoms with E-state index < -0.39 is 0 Å². The maximum absolute atomic E-state index is 12.1. The van der Waals surface area contributed by atoms with Gasteiger partial charge < -0.3 is 5.32 Å². The highest BCUT2D eigenvalue weighted by atomic mass is 32.2. The van der Waals surface area contributed by atoms with Crippen molar-refractivity contribution in [3.8, 4) is 0 Å².